The summed E-state index contributed by atoms with van der Waals surface area (Å²) in [5.41, 5.74) is 3.93. The standard InChI is InChI=1S/C22H17Cl2N3O2/c1-28-16-4-2-13(3-5-16)19-12-20-17-10-15(23)11-18(24)21(17)29-22(27(20)26-19)14-6-8-25-9-7-14/h2-11,20,22H,12H2,1H3/t20-,22+/m0/s1. The number of aromatic nitrogens is 1. The normalized spacial score (nSPS) is 19.8. The fourth-order valence-electron chi connectivity index (χ4n) is 3.82. The van der Waals surface area contributed by atoms with Crippen LogP contribution in [0.1, 0.15) is 35.4 Å². The van der Waals surface area contributed by atoms with E-state index < -0.39 is 6.23 Å². The number of fused-ring (bicyclic) bond motifs is 3. The van der Waals surface area contributed by atoms with Gasteiger partial charge in [0.05, 0.1) is 23.9 Å². The quantitative estimate of drug-likeness (QED) is 0.544. The van der Waals surface area contributed by atoms with E-state index in [1.807, 2.05) is 47.5 Å². The van der Waals surface area contributed by atoms with Gasteiger partial charge in [-0.25, -0.2) is 5.01 Å². The molecule has 0 spiro atoms. The Kier molecular flexibility index (Phi) is 4.57. The molecule has 2 aliphatic rings. The predicted octanol–water partition coefficient (Wildman–Crippen LogP) is 5.64. The van der Waals surface area contributed by atoms with Crippen molar-refractivity contribution in [1.82, 2.24) is 9.99 Å². The van der Waals surface area contributed by atoms with E-state index in [1.54, 1.807) is 25.6 Å². The molecule has 0 saturated carbocycles. The van der Waals surface area contributed by atoms with Gasteiger partial charge in [-0.05, 0) is 54.1 Å². The molecule has 5 rings (SSSR count). The van der Waals surface area contributed by atoms with Gasteiger partial charge in [-0.1, -0.05) is 23.2 Å². The molecule has 0 unspecified atom stereocenters. The van der Waals surface area contributed by atoms with Crippen LogP contribution in [0, 0.1) is 0 Å². The Bertz CT molecular complexity index is 1090. The fourth-order valence-corrected chi connectivity index (χ4v) is 4.37. The molecule has 7 heteroatoms. The second-order valence-electron chi connectivity index (χ2n) is 6.93. The zero-order valence-electron chi connectivity index (χ0n) is 15.5. The lowest BCUT2D eigenvalue weighted by Gasteiger charge is -2.38. The van der Waals surface area contributed by atoms with Crippen molar-refractivity contribution >= 4 is 28.9 Å². The monoisotopic (exact) mass is 425 g/mol. The van der Waals surface area contributed by atoms with Crippen molar-refractivity contribution in [2.45, 2.75) is 18.7 Å². The van der Waals surface area contributed by atoms with Crippen LogP contribution < -0.4 is 9.47 Å². The molecule has 2 aliphatic heterocycles. The van der Waals surface area contributed by atoms with Crippen LogP contribution in [0.5, 0.6) is 11.5 Å². The summed E-state index contributed by atoms with van der Waals surface area (Å²) < 4.78 is 11.6. The topological polar surface area (TPSA) is 47.0 Å². The summed E-state index contributed by atoms with van der Waals surface area (Å²) in [6, 6.07) is 15.4. The van der Waals surface area contributed by atoms with Crippen LogP contribution >= 0.6 is 23.2 Å². The molecule has 0 saturated heterocycles. The number of methoxy groups -OCH3 is 1. The number of pyridine rings is 1. The maximum absolute atomic E-state index is 6.49. The van der Waals surface area contributed by atoms with Gasteiger partial charge in [-0.15, -0.1) is 0 Å². The first kappa shape index (κ1) is 18.3. The Balaban J connectivity index is 1.60. The first-order valence-corrected chi connectivity index (χ1v) is 9.95. The maximum atomic E-state index is 6.49. The molecule has 3 aromatic rings. The van der Waals surface area contributed by atoms with Crippen molar-refractivity contribution in [3.63, 3.8) is 0 Å². The van der Waals surface area contributed by atoms with E-state index in [9.17, 15) is 0 Å². The van der Waals surface area contributed by atoms with Gasteiger partial charge in [-0.3, -0.25) is 4.98 Å². The zero-order valence-corrected chi connectivity index (χ0v) is 17.1. The highest BCUT2D eigenvalue weighted by molar-refractivity contribution is 6.35. The number of hydrogen-bond acceptors (Lipinski definition) is 5. The SMILES string of the molecule is COc1ccc(C2=NN3[C@@H](c4ccncc4)Oc4c(Cl)cc(Cl)cc4[C@@H]3C2)cc1. The first-order valence-electron chi connectivity index (χ1n) is 9.20. The van der Waals surface area contributed by atoms with Gasteiger partial charge in [0.25, 0.3) is 0 Å². The first-order chi connectivity index (χ1) is 14.1. The summed E-state index contributed by atoms with van der Waals surface area (Å²) >= 11 is 12.8. The van der Waals surface area contributed by atoms with Gasteiger partial charge in [0.15, 0.2) is 0 Å². The minimum atomic E-state index is -0.398. The molecule has 3 heterocycles. The van der Waals surface area contributed by atoms with Crippen molar-refractivity contribution < 1.29 is 9.47 Å². The third-order valence-electron chi connectivity index (χ3n) is 5.22. The average Bonchev–Trinajstić information content (AvgIpc) is 3.20. The lowest BCUT2D eigenvalue weighted by molar-refractivity contribution is -0.0189. The number of hydrogen-bond donors (Lipinski definition) is 0. The van der Waals surface area contributed by atoms with Crippen LogP contribution in [0.3, 0.4) is 0 Å². The Labute approximate surface area is 178 Å². The van der Waals surface area contributed by atoms with Crippen molar-refractivity contribution in [1.29, 1.82) is 0 Å². The van der Waals surface area contributed by atoms with Gasteiger partial charge in [0.1, 0.15) is 11.5 Å². The van der Waals surface area contributed by atoms with E-state index in [0.717, 1.165) is 34.6 Å². The molecule has 0 bridgehead atoms. The summed E-state index contributed by atoms with van der Waals surface area (Å²) in [6.45, 7) is 0. The van der Waals surface area contributed by atoms with Crippen LogP contribution in [0.25, 0.3) is 0 Å². The van der Waals surface area contributed by atoms with E-state index in [0.29, 0.717) is 15.8 Å². The van der Waals surface area contributed by atoms with Crippen LogP contribution in [0.4, 0.5) is 0 Å². The summed E-state index contributed by atoms with van der Waals surface area (Å²) in [4.78, 5) is 4.11. The van der Waals surface area contributed by atoms with Gasteiger partial charge in [0, 0.05) is 35.0 Å². The lowest BCUT2D eigenvalue weighted by Crippen LogP contribution is -2.33. The van der Waals surface area contributed by atoms with Crippen molar-refractivity contribution in [2.75, 3.05) is 7.11 Å². The minimum absolute atomic E-state index is 0.0229. The molecule has 2 atom stereocenters. The summed E-state index contributed by atoms with van der Waals surface area (Å²) in [5.74, 6) is 1.47. The Morgan fingerprint density at radius 3 is 2.55 bits per heavy atom. The number of rotatable bonds is 3. The molecular weight excluding hydrogens is 409 g/mol. The molecule has 0 radical (unpaired) electrons. The van der Waals surface area contributed by atoms with E-state index in [1.165, 1.54) is 0 Å². The predicted molar refractivity (Wildman–Crippen MR) is 113 cm³/mol. The minimum Gasteiger partial charge on any atom is -0.497 e. The summed E-state index contributed by atoms with van der Waals surface area (Å²) in [6.07, 6.45) is 3.82. The maximum Gasteiger partial charge on any atom is 0.214 e. The third kappa shape index (κ3) is 3.20. The molecule has 0 N–H and O–H groups in total. The molecule has 146 valence electrons. The Morgan fingerprint density at radius 2 is 1.83 bits per heavy atom. The largest absolute Gasteiger partial charge is 0.497 e. The van der Waals surface area contributed by atoms with Crippen molar-refractivity contribution in [3.8, 4) is 11.5 Å². The van der Waals surface area contributed by atoms with Crippen LogP contribution in [0.15, 0.2) is 66.0 Å². The van der Waals surface area contributed by atoms with E-state index in [-0.39, 0.29) is 6.04 Å². The number of halogens is 2. The van der Waals surface area contributed by atoms with Gasteiger partial charge in [-0.2, -0.15) is 5.10 Å². The van der Waals surface area contributed by atoms with Crippen molar-refractivity contribution in [3.05, 3.63) is 87.7 Å². The Hall–Kier alpha value is -2.76. The number of hydrazone groups is 1. The van der Waals surface area contributed by atoms with Gasteiger partial charge in [0.2, 0.25) is 6.23 Å². The van der Waals surface area contributed by atoms with Crippen LogP contribution in [-0.2, 0) is 0 Å². The highest BCUT2D eigenvalue weighted by atomic mass is 35.5. The fraction of sp³-hybridized carbons (Fsp3) is 0.182. The smallest absolute Gasteiger partial charge is 0.214 e. The highest BCUT2D eigenvalue weighted by Gasteiger charge is 2.42. The highest BCUT2D eigenvalue weighted by Crippen LogP contribution is 2.50. The number of nitrogens with zero attached hydrogens (tertiary/aromatic N) is 3. The van der Waals surface area contributed by atoms with E-state index in [4.69, 9.17) is 37.8 Å². The molecule has 0 aliphatic carbocycles. The van der Waals surface area contributed by atoms with Gasteiger partial charge >= 0.3 is 0 Å². The number of benzene rings is 2. The molecule has 2 aromatic carbocycles. The lowest BCUT2D eigenvalue weighted by atomic mass is 9.96. The van der Waals surface area contributed by atoms with Crippen LogP contribution in [0.2, 0.25) is 10.0 Å². The van der Waals surface area contributed by atoms with Crippen molar-refractivity contribution in [2.24, 2.45) is 5.10 Å². The van der Waals surface area contributed by atoms with Gasteiger partial charge < -0.3 is 9.47 Å². The molecule has 29 heavy (non-hydrogen) atoms. The van der Waals surface area contributed by atoms with E-state index >= 15 is 0 Å². The average molecular weight is 426 g/mol. The molecule has 1 aromatic heterocycles. The zero-order chi connectivity index (χ0) is 20.0. The molecular formula is C22H17Cl2N3O2. The number of ether oxygens (including phenoxy) is 2. The second-order valence-corrected chi connectivity index (χ2v) is 7.78. The second kappa shape index (κ2) is 7.25. The van der Waals surface area contributed by atoms with Crippen LogP contribution in [-0.4, -0.2) is 22.8 Å². The Morgan fingerprint density at radius 1 is 1.07 bits per heavy atom. The summed E-state index contributed by atoms with van der Waals surface area (Å²) in [5, 5.41) is 8.00. The molecule has 0 amide bonds. The van der Waals surface area contributed by atoms with E-state index in [2.05, 4.69) is 4.98 Å². The third-order valence-corrected chi connectivity index (χ3v) is 5.72. The summed E-state index contributed by atoms with van der Waals surface area (Å²) in [7, 11) is 1.66. The molecule has 5 nitrogen and oxygen atoms in total. The molecule has 0 fully saturated rings.